The first-order valence-corrected chi connectivity index (χ1v) is 12.8. The number of thioether (sulfide) groups is 1. The first kappa shape index (κ1) is 22.6. The molecule has 1 saturated heterocycles. The van der Waals surface area contributed by atoms with Crippen molar-refractivity contribution in [3.8, 4) is 5.75 Å². The number of piperidine rings is 1. The van der Waals surface area contributed by atoms with Crippen molar-refractivity contribution < 1.29 is 22.7 Å². The summed E-state index contributed by atoms with van der Waals surface area (Å²) in [6, 6.07) is 12.3. The Morgan fingerprint density at radius 3 is 2.75 bits per heavy atom. The molecule has 10 heteroatoms. The minimum absolute atomic E-state index is 0.0709. The van der Waals surface area contributed by atoms with Crippen molar-refractivity contribution in [2.75, 3.05) is 31.3 Å². The Hall–Kier alpha value is -2.56. The molecule has 2 amide bonds. The Morgan fingerprint density at radius 2 is 2.00 bits per heavy atom. The maximum atomic E-state index is 13.1. The van der Waals surface area contributed by atoms with E-state index >= 15 is 0 Å². The van der Waals surface area contributed by atoms with Crippen molar-refractivity contribution in [3.63, 3.8) is 0 Å². The number of sulfonamides is 1. The molecular formula is C22H25N3O5S2. The van der Waals surface area contributed by atoms with E-state index in [1.807, 2.05) is 24.3 Å². The van der Waals surface area contributed by atoms with Crippen molar-refractivity contribution in [1.29, 1.82) is 0 Å². The average Bonchev–Trinajstić information content (AvgIpc) is 2.82. The van der Waals surface area contributed by atoms with Crippen LogP contribution in [0.5, 0.6) is 5.75 Å². The number of nitrogens with zero attached hydrogens (tertiary/aromatic N) is 1. The molecule has 0 atom stereocenters. The van der Waals surface area contributed by atoms with Crippen LogP contribution in [0, 0.1) is 5.92 Å². The number of hydrogen-bond donors (Lipinski definition) is 2. The summed E-state index contributed by atoms with van der Waals surface area (Å²) in [5.74, 6) is 0.616. The summed E-state index contributed by atoms with van der Waals surface area (Å²) < 4.78 is 32.8. The molecule has 1 fully saturated rings. The molecule has 0 aromatic heterocycles. The van der Waals surface area contributed by atoms with Gasteiger partial charge in [-0.25, -0.2) is 8.42 Å². The third-order valence-corrected chi connectivity index (χ3v) is 8.62. The standard InChI is InChI=1S/C22H25N3O5S2/c1-30-17-4-2-3-15(11-17)13-23-22(27)16-7-9-25(10-8-16)32(28,29)18-5-6-20-19(12-18)24-21(26)14-31-20/h2-6,11-12,16H,7-10,13-14H2,1H3,(H,23,27)(H,24,26). The SMILES string of the molecule is COc1cccc(CNC(=O)C2CCN(S(=O)(=O)c3ccc4c(c3)NC(=O)CS4)CC2)c1. The summed E-state index contributed by atoms with van der Waals surface area (Å²) in [6.07, 6.45) is 0.918. The van der Waals surface area contributed by atoms with E-state index in [0.29, 0.717) is 30.8 Å². The van der Waals surface area contributed by atoms with Crippen molar-refractivity contribution in [3.05, 3.63) is 48.0 Å². The summed E-state index contributed by atoms with van der Waals surface area (Å²) in [5.41, 5.74) is 1.47. The van der Waals surface area contributed by atoms with Gasteiger partial charge < -0.3 is 15.4 Å². The van der Waals surface area contributed by atoms with Crippen LogP contribution in [0.25, 0.3) is 0 Å². The Labute approximate surface area is 191 Å². The quantitative estimate of drug-likeness (QED) is 0.665. The highest BCUT2D eigenvalue weighted by molar-refractivity contribution is 8.00. The van der Waals surface area contributed by atoms with Crippen LogP contribution < -0.4 is 15.4 Å². The number of nitrogens with one attached hydrogen (secondary N) is 2. The van der Waals surface area contributed by atoms with Crippen molar-refractivity contribution in [2.24, 2.45) is 5.92 Å². The fourth-order valence-electron chi connectivity index (χ4n) is 3.85. The Kier molecular flexibility index (Phi) is 6.73. The van der Waals surface area contributed by atoms with Crippen LogP contribution in [-0.2, 0) is 26.2 Å². The van der Waals surface area contributed by atoms with Crippen molar-refractivity contribution >= 4 is 39.3 Å². The number of fused-ring (bicyclic) bond motifs is 1. The lowest BCUT2D eigenvalue weighted by Gasteiger charge is -2.31. The highest BCUT2D eigenvalue weighted by Crippen LogP contribution is 2.34. The van der Waals surface area contributed by atoms with Crippen molar-refractivity contribution in [1.82, 2.24) is 9.62 Å². The van der Waals surface area contributed by atoms with Gasteiger partial charge in [-0.05, 0) is 48.7 Å². The first-order valence-electron chi connectivity index (χ1n) is 10.3. The molecule has 32 heavy (non-hydrogen) atoms. The number of amides is 2. The molecule has 0 spiro atoms. The summed E-state index contributed by atoms with van der Waals surface area (Å²) >= 11 is 1.39. The monoisotopic (exact) mass is 475 g/mol. The van der Waals surface area contributed by atoms with Gasteiger partial charge in [-0.1, -0.05) is 12.1 Å². The fourth-order valence-corrected chi connectivity index (χ4v) is 6.13. The first-order chi connectivity index (χ1) is 15.4. The molecule has 0 radical (unpaired) electrons. The minimum Gasteiger partial charge on any atom is -0.497 e. The number of hydrogen-bond acceptors (Lipinski definition) is 6. The van der Waals surface area contributed by atoms with Crippen molar-refractivity contribution in [2.45, 2.75) is 29.2 Å². The molecule has 4 rings (SSSR count). The predicted octanol–water partition coefficient (Wildman–Crippen LogP) is 2.46. The zero-order chi connectivity index (χ0) is 22.7. The number of carbonyl (C=O) groups is 2. The lowest BCUT2D eigenvalue weighted by Crippen LogP contribution is -2.42. The highest BCUT2D eigenvalue weighted by atomic mass is 32.2. The van der Waals surface area contributed by atoms with Crippen LogP contribution in [-0.4, -0.2) is 50.5 Å². The van der Waals surface area contributed by atoms with E-state index in [0.717, 1.165) is 16.2 Å². The smallest absolute Gasteiger partial charge is 0.243 e. The third-order valence-electron chi connectivity index (χ3n) is 5.65. The van der Waals surface area contributed by atoms with Gasteiger partial charge in [0.25, 0.3) is 0 Å². The molecule has 2 aliphatic heterocycles. The van der Waals surface area contributed by atoms with Gasteiger partial charge in [0.2, 0.25) is 21.8 Å². The highest BCUT2D eigenvalue weighted by Gasteiger charge is 2.32. The predicted molar refractivity (Wildman–Crippen MR) is 122 cm³/mol. The Bertz CT molecular complexity index is 1130. The number of anilines is 1. The van der Waals surface area contributed by atoms with Crippen LogP contribution >= 0.6 is 11.8 Å². The zero-order valence-electron chi connectivity index (χ0n) is 17.7. The topological polar surface area (TPSA) is 105 Å². The lowest BCUT2D eigenvalue weighted by atomic mass is 9.97. The van der Waals surface area contributed by atoms with Gasteiger partial charge in [-0.15, -0.1) is 11.8 Å². The van der Waals surface area contributed by atoms with E-state index < -0.39 is 10.0 Å². The number of rotatable bonds is 6. The van der Waals surface area contributed by atoms with Gasteiger partial charge >= 0.3 is 0 Å². The number of benzene rings is 2. The van der Waals surface area contributed by atoms with E-state index in [-0.39, 0.29) is 35.7 Å². The molecule has 2 heterocycles. The normalized spacial score (nSPS) is 17.3. The molecule has 2 aromatic carbocycles. The Morgan fingerprint density at radius 1 is 1.22 bits per heavy atom. The fraction of sp³-hybridized carbons (Fsp3) is 0.364. The summed E-state index contributed by atoms with van der Waals surface area (Å²) in [6.45, 7) is 0.947. The molecule has 2 aliphatic rings. The molecule has 170 valence electrons. The van der Waals surface area contributed by atoms with Crippen LogP contribution in [0.15, 0.2) is 52.3 Å². The van der Waals surface area contributed by atoms with Gasteiger partial charge in [-0.2, -0.15) is 4.31 Å². The summed E-state index contributed by atoms with van der Waals surface area (Å²) in [5, 5.41) is 5.67. The van der Waals surface area contributed by atoms with E-state index in [1.54, 1.807) is 19.2 Å². The maximum Gasteiger partial charge on any atom is 0.243 e. The molecule has 8 nitrogen and oxygen atoms in total. The molecule has 0 unspecified atom stereocenters. The van der Waals surface area contributed by atoms with Gasteiger partial charge in [0.1, 0.15) is 5.75 Å². The summed E-state index contributed by atoms with van der Waals surface area (Å²) in [4.78, 5) is 25.2. The third kappa shape index (κ3) is 4.92. The second-order valence-electron chi connectivity index (χ2n) is 7.74. The van der Waals surface area contributed by atoms with Gasteiger partial charge in [0, 0.05) is 30.4 Å². The van der Waals surface area contributed by atoms with Crippen LogP contribution in [0.1, 0.15) is 18.4 Å². The number of carbonyl (C=O) groups excluding carboxylic acids is 2. The van der Waals surface area contributed by atoms with Crippen LogP contribution in [0.2, 0.25) is 0 Å². The molecule has 0 aliphatic carbocycles. The summed E-state index contributed by atoms with van der Waals surface area (Å²) in [7, 11) is -2.10. The number of methoxy groups -OCH3 is 1. The lowest BCUT2D eigenvalue weighted by molar-refractivity contribution is -0.126. The van der Waals surface area contributed by atoms with E-state index in [4.69, 9.17) is 4.74 Å². The van der Waals surface area contributed by atoms with E-state index in [2.05, 4.69) is 10.6 Å². The molecule has 0 saturated carbocycles. The van der Waals surface area contributed by atoms with Gasteiger partial charge in [0.05, 0.1) is 23.4 Å². The molecule has 0 bridgehead atoms. The Balaban J connectivity index is 1.35. The van der Waals surface area contributed by atoms with E-state index in [1.165, 1.54) is 22.1 Å². The minimum atomic E-state index is -3.70. The molecule has 2 aromatic rings. The molecular weight excluding hydrogens is 450 g/mol. The van der Waals surface area contributed by atoms with E-state index in [9.17, 15) is 18.0 Å². The van der Waals surface area contributed by atoms with Gasteiger partial charge in [0.15, 0.2) is 0 Å². The van der Waals surface area contributed by atoms with Crippen LogP contribution in [0.3, 0.4) is 0 Å². The average molecular weight is 476 g/mol. The van der Waals surface area contributed by atoms with Crippen LogP contribution in [0.4, 0.5) is 5.69 Å². The zero-order valence-corrected chi connectivity index (χ0v) is 19.3. The second kappa shape index (κ2) is 9.51. The van der Waals surface area contributed by atoms with Gasteiger partial charge in [-0.3, -0.25) is 9.59 Å². The molecule has 2 N–H and O–H groups in total. The second-order valence-corrected chi connectivity index (χ2v) is 10.7. The maximum absolute atomic E-state index is 13.1. The largest absolute Gasteiger partial charge is 0.497 e. The number of ether oxygens (including phenoxy) is 1.